The zero-order chi connectivity index (χ0) is 30.0. The number of rotatable bonds is 6. The van der Waals surface area contributed by atoms with E-state index in [0.29, 0.717) is 0 Å². The van der Waals surface area contributed by atoms with E-state index in [9.17, 15) is 0 Å². The molecule has 214 valence electrons. The fraction of sp³-hybridized carbons (Fsp3) is 0. The Hall–Kier alpha value is -6.04. The van der Waals surface area contributed by atoms with Crippen molar-refractivity contribution < 1.29 is 0 Å². The third-order valence-electron chi connectivity index (χ3n) is 8.08. The average Bonchev–Trinajstić information content (AvgIpc) is 3.58. The van der Waals surface area contributed by atoms with Crippen LogP contribution in [0.4, 0.5) is 5.69 Å². The molecule has 1 aliphatic rings. The van der Waals surface area contributed by atoms with Gasteiger partial charge in [0.15, 0.2) is 0 Å². The molecule has 0 aliphatic carbocycles. The first-order valence-corrected chi connectivity index (χ1v) is 15.0. The smallest absolute Gasteiger partial charge is 0.0973 e. The molecule has 5 heteroatoms. The van der Waals surface area contributed by atoms with Crippen molar-refractivity contribution in [2.75, 3.05) is 5.01 Å². The molecule has 0 bridgehead atoms. The average molecular weight is 580 g/mol. The summed E-state index contributed by atoms with van der Waals surface area (Å²) in [6, 6.07) is 56.3. The molecule has 7 aromatic rings. The lowest BCUT2D eigenvalue weighted by molar-refractivity contribution is 0.693. The first kappa shape index (κ1) is 26.6. The Morgan fingerprint density at radius 2 is 0.889 bits per heavy atom. The normalized spacial score (nSPS) is 12.8. The Labute approximate surface area is 262 Å². The number of benzene rings is 6. The van der Waals surface area contributed by atoms with Gasteiger partial charge in [0.05, 0.1) is 39.5 Å². The van der Waals surface area contributed by atoms with Crippen LogP contribution >= 0.6 is 0 Å². The number of nitrogens with one attached hydrogen (secondary N) is 2. The summed E-state index contributed by atoms with van der Waals surface area (Å²) in [6.45, 7) is 0. The lowest BCUT2D eigenvalue weighted by Crippen LogP contribution is -2.37. The van der Waals surface area contributed by atoms with Crippen LogP contribution < -0.4 is 16.0 Å². The molecule has 0 radical (unpaired) electrons. The maximum absolute atomic E-state index is 5.20. The highest BCUT2D eigenvalue weighted by Crippen LogP contribution is 2.36. The third kappa shape index (κ3) is 5.12. The molecule has 6 aromatic carbocycles. The molecule has 5 nitrogen and oxygen atoms in total. The molecule has 0 amide bonds. The molecular weight excluding hydrogens is 550 g/mol. The van der Waals surface area contributed by atoms with Gasteiger partial charge < -0.3 is 5.43 Å². The van der Waals surface area contributed by atoms with E-state index >= 15 is 0 Å². The minimum absolute atomic E-state index is 0.851. The van der Waals surface area contributed by atoms with E-state index in [4.69, 9.17) is 9.97 Å². The zero-order valence-electron chi connectivity index (χ0n) is 24.4. The molecule has 0 spiro atoms. The van der Waals surface area contributed by atoms with Crippen LogP contribution in [0, 0.1) is 0 Å². The fourth-order valence-corrected chi connectivity index (χ4v) is 5.85. The minimum atomic E-state index is 0.851. The van der Waals surface area contributed by atoms with Gasteiger partial charge in [0.2, 0.25) is 0 Å². The molecule has 0 saturated heterocycles. The summed E-state index contributed by atoms with van der Waals surface area (Å²) in [5.41, 5.74) is 19.9. The lowest BCUT2D eigenvalue weighted by Gasteiger charge is -2.22. The second-order valence-electron chi connectivity index (χ2n) is 10.9. The molecule has 2 N–H and O–H groups in total. The van der Waals surface area contributed by atoms with Crippen LogP contribution in [0.3, 0.4) is 0 Å². The zero-order valence-corrected chi connectivity index (χ0v) is 24.4. The van der Waals surface area contributed by atoms with E-state index in [0.717, 1.165) is 72.9 Å². The van der Waals surface area contributed by atoms with Crippen molar-refractivity contribution >= 4 is 28.1 Å². The van der Waals surface area contributed by atoms with E-state index < -0.39 is 0 Å². The van der Waals surface area contributed by atoms with Crippen molar-refractivity contribution in [2.45, 2.75) is 0 Å². The maximum Gasteiger partial charge on any atom is 0.0973 e. The predicted molar refractivity (Wildman–Crippen MR) is 184 cm³/mol. The van der Waals surface area contributed by atoms with E-state index in [-0.39, 0.29) is 0 Å². The van der Waals surface area contributed by atoms with Crippen LogP contribution in [0.25, 0.3) is 56.1 Å². The molecule has 8 rings (SSSR count). The van der Waals surface area contributed by atoms with Gasteiger partial charge in [-0.05, 0) is 35.4 Å². The van der Waals surface area contributed by atoms with Crippen molar-refractivity contribution in [1.29, 1.82) is 0 Å². The quantitative estimate of drug-likeness (QED) is 0.206. The molecular formula is C40H29N5. The van der Waals surface area contributed by atoms with Gasteiger partial charge in [-0.1, -0.05) is 140 Å². The van der Waals surface area contributed by atoms with Crippen molar-refractivity contribution in [3.63, 3.8) is 0 Å². The second kappa shape index (κ2) is 11.6. The van der Waals surface area contributed by atoms with Crippen LogP contribution in [0.1, 0.15) is 11.1 Å². The first-order valence-electron chi connectivity index (χ1n) is 15.0. The Morgan fingerprint density at radius 3 is 1.51 bits per heavy atom. The van der Waals surface area contributed by atoms with Crippen molar-refractivity contribution in [1.82, 2.24) is 20.9 Å². The van der Waals surface area contributed by atoms with Crippen LogP contribution in [-0.2, 0) is 0 Å². The van der Waals surface area contributed by atoms with E-state index in [1.165, 1.54) is 0 Å². The molecule has 2 heterocycles. The highest BCUT2D eigenvalue weighted by atomic mass is 15.7. The second-order valence-corrected chi connectivity index (χ2v) is 10.9. The lowest BCUT2D eigenvalue weighted by atomic mass is 10.0. The van der Waals surface area contributed by atoms with E-state index in [1.54, 1.807) is 0 Å². The fourth-order valence-electron chi connectivity index (χ4n) is 5.85. The van der Waals surface area contributed by atoms with Gasteiger partial charge in [0.1, 0.15) is 0 Å². The third-order valence-corrected chi connectivity index (χ3v) is 8.08. The van der Waals surface area contributed by atoms with Crippen LogP contribution in [-0.4, -0.2) is 9.97 Å². The molecule has 1 aliphatic heterocycles. The van der Waals surface area contributed by atoms with Gasteiger partial charge in [0.25, 0.3) is 0 Å². The van der Waals surface area contributed by atoms with Gasteiger partial charge in [-0.25, -0.2) is 9.97 Å². The highest BCUT2D eigenvalue weighted by Gasteiger charge is 2.26. The van der Waals surface area contributed by atoms with Gasteiger partial charge in [-0.2, -0.15) is 0 Å². The Bertz CT molecular complexity index is 2130. The molecule has 0 fully saturated rings. The number of nitrogens with zero attached hydrogens (tertiary/aromatic N) is 3. The molecule has 0 unspecified atom stereocenters. The maximum atomic E-state index is 5.20. The van der Waals surface area contributed by atoms with Gasteiger partial charge in [-0.3, -0.25) is 5.01 Å². The number of hydrazine groups is 2. The highest BCUT2D eigenvalue weighted by molar-refractivity contribution is 5.98. The number of anilines is 1. The van der Waals surface area contributed by atoms with Crippen LogP contribution in [0.5, 0.6) is 0 Å². The Balaban J connectivity index is 1.21. The van der Waals surface area contributed by atoms with E-state index in [2.05, 4.69) is 143 Å². The summed E-state index contributed by atoms with van der Waals surface area (Å²) in [6.07, 6.45) is 0. The molecule has 45 heavy (non-hydrogen) atoms. The van der Waals surface area contributed by atoms with Crippen LogP contribution in [0.2, 0.25) is 0 Å². The number of hydrogen-bond donors (Lipinski definition) is 2. The molecule has 0 saturated carbocycles. The first-order chi connectivity index (χ1) is 22.3. The SMILES string of the molecule is c1ccc(C2=C(c3ccccc3)N(c3ccc(-c4nc5ccc(-c6ccccc6)cc5nc4-c4ccccc4)cc3)NN2)cc1. The summed E-state index contributed by atoms with van der Waals surface area (Å²) >= 11 is 0. The topological polar surface area (TPSA) is 53.1 Å². The largest absolute Gasteiger partial charge is 0.301 e. The minimum Gasteiger partial charge on any atom is -0.301 e. The van der Waals surface area contributed by atoms with Crippen molar-refractivity contribution in [2.24, 2.45) is 0 Å². The monoisotopic (exact) mass is 579 g/mol. The van der Waals surface area contributed by atoms with Crippen LogP contribution in [0.15, 0.2) is 164 Å². The number of hydrogen-bond acceptors (Lipinski definition) is 5. The summed E-state index contributed by atoms with van der Waals surface area (Å²) in [4.78, 5) is 10.4. The molecule has 0 atom stereocenters. The molecule has 1 aromatic heterocycles. The summed E-state index contributed by atoms with van der Waals surface area (Å²) in [5, 5.41) is 2.09. The standard InChI is InChI=1S/C40H29N5/c1-5-13-28(14-6-1)33-23-26-35-36(27-33)42-37(29-15-7-2-8-16-29)38(41-35)31-21-24-34(25-22-31)45-40(32-19-11-4-12-20-32)39(43-44-45)30-17-9-3-10-18-30/h1-27,43-44H. The predicted octanol–water partition coefficient (Wildman–Crippen LogP) is 8.99. The summed E-state index contributed by atoms with van der Waals surface area (Å²) in [5.74, 6) is 0. The summed E-state index contributed by atoms with van der Waals surface area (Å²) < 4.78 is 0. The number of aromatic nitrogens is 2. The van der Waals surface area contributed by atoms with Crippen molar-refractivity contribution in [3.05, 3.63) is 175 Å². The van der Waals surface area contributed by atoms with Gasteiger partial charge in [-0.15, -0.1) is 5.53 Å². The van der Waals surface area contributed by atoms with E-state index in [1.807, 2.05) is 36.4 Å². The van der Waals surface area contributed by atoms with Gasteiger partial charge >= 0.3 is 0 Å². The van der Waals surface area contributed by atoms with Crippen molar-refractivity contribution in [3.8, 4) is 33.6 Å². The Kier molecular flexibility index (Phi) is 6.83. The van der Waals surface area contributed by atoms with Gasteiger partial charge in [0, 0.05) is 22.3 Å². The number of fused-ring (bicyclic) bond motifs is 1. The summed E-state index contributed by atoms with van der Waals surface area (Å²) in [7, 11) is 0. The Morgan fingerprint density at radius 1 is 0.400 bits per heavy atom.